The van der Waals surface area contributed by atoms with Crippen LogP contribution in [0.2, 0.25) is 0 Å². The Hall–Kier alpha value is -3.45. The lowest BCUT2D eigenvalue weighted by molar-refractivity contribution is 0.0995. The molecule has 0 radical (unpaired) electrons. The first-order valence-electron chi connectivity index (χ1n) is 7.79. The fourth-order valence-corrected chi connectivity index (χ4v) is 2.33. The number of rotatable bonds is 3. The minimum Gasteiger partial charge on any atom is -0.495 e. The molecule has 0 aliphatic heterocycles. The van der Waals surface area contributed by atoms with Crippen molar-refractivity contribution < 1.29 is 13.9 Å². The summed E-state index contributed by atoms with van der Waals surface area (Å²) in [4.78, 5) is 12.4. The summed E-state index contributed by atoms with van der Waals surface area (Å²) < 4.78 is 10.8. The molecule has 0 bridgehead atoms. The van der Waals surface area contributed by atoms with Crippen molar-refractivity contribution in [3.63, 3.8) is 0 Å². The highest BCUT2D eigenvalue weighted by molar-refractivity contribution is 6.03. The van der Waals surface area contributed by atoms with Crippen LogP contribution in [0, 0.1) is 18.8 Å². The Morgan fingerprint density at radius 2 is 1.80 bits per heavy atom. The highest BCUT2D eigenvalue weighted by Gasteiger charge is 2.14. The average Bonchev–Trinajstić information content (AvgIpc) is 3.11. The first-order valence-corrected chi connectivity index (χ1v) is 7.79. The van der Waals surface area contributed by atoms with Crippen molar-refractivity contribution in [2.24, 2.45) is 0 Å². The number of para-hydroxylation sites is 1. The van der Waals surface area contributed by atoms with Crippen molar-refractivity contribution in [2.45, 2.75) is 6.92 Å². The van der Waals surface area contributed by atoms with Crippen LogP contribution in [0.5, 0.6) is 5.75 Å². The number of carbonyl (C=O) groups is 1. The number of hydrogen-bond donors (Lipinski definition) is 1. The Morgan fingerprint density at radius 1 is 1.00 bits per heavy atom. The minimum absolute atomic E-state index is 0.197. The van der Waals surface area contributed by atoms with E-state index in [1.807, 2.05) is 49.4 Å². The number of furan rings is 1. The maximum atomic E-state index is 12.4. The smallest absolute Gasteiger partial charge is 0.291 e. The number of amides is 1. The quantitative estimate of drug-likeness (QED) is 0.730. The van der Waals surface area contributed by atoms with Crippen molar-refractivity contribution >= 4 is 11.6 Å². The Labute approximate surface area is 146 Å². The molecule has 0 saturated carbocycles. The molecule has 3 rings (SSSR count). The predicted molar refractivity (Wildman–Crippen MR) is 96.8 cm³/mol. The van der Waals surface area contributed by atoms with Crippen LogP contribution in [0.3, 0.4) is 0 Å². The summed E-state index contributed by atoms with van der Waals surface area (Å²) in [7, 11) is 1.56. The van der Waals surface area contributed by atoms with Gasteiger partial charge in [0.05, 0.1) is 12.8 Å². The topological polar surface area (TPSA) is 51.5 Å². The van der Waals surface area contributed by atoms with Gasteiger partial charge in [0.1, 0.15) is 5.75 Å². The lowest BCUT2D eigenvalue weighted by Gasteiger charge is -2.11. The Morgan fingerprint density at radius 3 is 2.56 bits per heavy atom. The van der Waals surface area contributed by atoms with Crippen molar-refractivity contribution in [3.8, 4) is 17.6 Å². The lowest BCUT2D eigenvalue weighted by atomic mass is 10.2. The number of anilines is 1. The molecule has 0 saturated heterocycles. The van der Waals surface area contributed by atoms with E-state index in [1.165, 1.54) is 0 Å². The molecule has 0 fully saturated rings. The Bertz CT molecular complexity index is 946. The lowest BCUT2D eigenvalue weighted by Crippen LogP contribution is -2.12. The molecule has 1 heterocycles. The van der Waals surface area contributed by atoms with Crippen LogP contribution in [0.1, 0.15) is 27.4 Å². The van der Waals surface area contributed by atoms with Crippen LogP contribution in [-0.4, -0.2) is 13.0 Å². The molecule has 25 heavy (non-hydrogen) atoms. The van der Waals surface area contributed by atoms with Gasteiger partial charge in [-0.3, -0.25) is 4.79 Å². The van der Waals surface area contributed by atoms with Gasteiger partial charge in [0, 0.05) is 5.56 Å². The zero-order chi connectivity index (χ0) is 17.6. The molecular formula is C21H17NO3. The number of aryl methyl sites for hydroxylation is 1. The molecule has 0 unspecified atom stereocenters. The third-order valence-corrected chi connectivity index (χ3v) is 3.63. The van der Waals surface area contributed by atoms with Crippen LogP contribution >= 0.6 is 0 Å². The second-order valence-electron chi connectivity index (χ2n) is 5.39. The molecule has 1 N–H and O–H groups in total. The molecule has 2 aromatic carbocycles. The van der Waals surface area contributed by atoms with Crippen molar-refractivity contribution in [1.82, 2.24) is 0 Å². The van der Waals surface area contributed by atoms with Crippen LogP contribution < -0.4 is 10.1 Å². The summed E-state index contributed by atoms with van der Waals surface area (Å²) in [5.41, 5.74) is 2.42. The molecule has 1 amide bonds. The van der Waals surface area contributed by atoms with E-state index in [4.69, 9.17) is 9.15 Å². The summed E-state index contributed by atoms with van der Waals surface area (Å²) in [6.07, 6.45) is 0. The van der Waals surface area contributed by atoms with Crippen molar-refractivity contribution in [1.29, 1.82) is 0 Å². The van der Waals surface area contributed by atoms with Crippen molar-refractivity contribution in [2.75, 3.05) is 12.4 Å². The fourth-order valence-electron chi connectivity index (χ4n) is 2.33. The maximum absolute atomic E-state index is 12.4. The van der Waals surface area contributed by atoms with Gasteiger partial charge >= 0.3 is 0 Å². The van der Waals surface area contributed by atoms with Gasteiger partial charge in [0.2, 0.25) is 0 Å². The maximum Gasteiger partial charge on any atom is 0.291 e. The van der Waals surface area contributed by atoms with Crippen LogP contribution in [0.25, 0.3) is 0 Å². The van der Waals surface area contributed by atoms with E-state index in [0.717, 1.165) is 11.1 Å². The van der Waals surface area contributed by atoms with E-state index in [0.29, 0.717) is 17.2 Å². The standard InChI is InChI=1S/C21H17NO3/c1-15-7-6-10-18(24-2)20(15)22-21(23)19-14-13-17(25-19)12-11-16-8-4-3-5-9-16/h3-10,13-14H,1-2H3,(H,22,23). The van der Waals surface area contributed by atoms with Gasteiger partial charge in [-0.15, -0.1) is 0 Å². The molecule has 1 aromatic heterocycles. The molecule has 3 aromatic rings. The zero-order valence-electron chi connectivity index (χ0n) is 14.0. The van der Waals surface area contributed by atoms with E-state index in [-0.39, 0.29) is 11.7 Å². The van der Waals surface area contributed by atoms with E-state index >= 15 is 0 Å². The van der Waals surface area contributed by atoms with Gasteiger partial charge in [-0.05, 0) is 48.7 Å². The summed E-state index contributed by atoms with van der Waals surface area (Å²) >= 11 is 0. The molecule has 0 aliphatic rings. The van der Waals surface area contributed by atoms with E-state index in [2.05, 4.69) is 17.2 Å². The third kappa shape index (κ3) is 3.91. The van der Waals surface area contributed by atoms with Gasteiger partial charge in [-0.2, -0.15) is 0 Å². The molecule has 4 nitrogen and oxygen atoms in total. The van der Waals surface area contributed by atoms with Crippen LogP contribution in [0.4, 0.5) is 5.69 Å². The van der Waals surface area contributed by atoms with Gasteiger partial charge in [-0.1, -0.05) is 36.3 Å². The second-order valence-corrected chi connectivity index (χ2v) is 5.39. The van der Waals surface area contributed by atoms with E-state index in [1.54, 1.807) is 25.3 Å². The predicted octanol–water partition coefficient (Wildman–Crippen LogP) is 4.25. The van der Waals surface area contributed by atoms with Crippen molar-refractivity contribution in [3.05, 3.63) is 83.3 Å². The number of ether oxygens (including phenoxy) is 1. The monoisotopic (exact) mass is 331 g/mol. The average molecular weight is 331 g/mol. The number of nitrogens with one attached hydrogen (secondary N) is 1. The minimum atomic E-state index is -0.347. The normalized spacial score (nSPS) is 9.84. The summed E-state index contributed by atoms with van der Waals surface area (Å²) in [6, 6.07) is 18.4. The SMILES string of the molecule is COc1cccc(C)c1NC(=O)c1ccc(C#Cc2ccccc2)o1. The summed E-state index contributed by atoms with van der Waals surface area (Å²) in [5, 5.41) is 2.83. The largest absolute Gasteiger partial charge is 0.495 e. The van der Waals surface area contributed by atoms with E-state index < -0.39 is 0 Å². The third-order valence-electron chi connectivity index (χ3n) is 3.63. The molecule has 0 atom stereocenters. The summed E-state index contributed by atoms with van der Waals surface area (Å²) in [6.45, 7) is 1.90. The number of benzene rings is 2. The van der Waals surface area contributed by atoms with Gasteiger partial charge in [-0.25, -0.2) is 0 Å². The second kappa shape index (κ2) is 7.41. The Balaban J connectivity index is 1.77. The summed E-state index contributed by atoms with van der Waals surface area (Å²) in [5.74, 6) is 6.79. The number of hydrogen-bond acceptors (Lipinski definition) is 3. The molecule has 0 aliphatic carbocycles. The zero-order valence-corrected chi connectivity index (χ0v) is 14.0. The van der Waals surface area contributed by atoms with E-state index in [9.17, 15) is 4.79 Å². The number of methoxy groups -OCH3 is 1. The highest BCUT2D eigenvalue weighted by Crippen LogP contribution is 2.28. The van der Waals surface area contributed by atoms with Gasteiger partial charge < -0.3 is 14.5 Å². The van der Waals surface area contributed by atoms with Gasteiger partial charge in [0.15, 0.2) is 11.5 Å². The fraction of sp³-hybridized carbons (Fsp3) is 0.0952. The Kier molecular flexibility index (Phi) is 4.87. The number of carbonyl (C=O) groups excluding carboxylic acids is 1. The molecule has 4 heteroatoms. The molecule has 124 valence electrons. The molecule has 0 spiro atoms. The molecular weight excluding hydrogens is 314 g/mol. The van der Waals surface area contributed by atoms with Crippen LogP contribution in [-0.2, 0) is 0 Å². The highest BCUT2D eigenvalue weighted by atomic mass is 16.5. The first-order chi connectivity index (χ1) is 12.2. The van der Waals surface area contributed by atoms with Gasteiger partial charge in [0.25, 0.3) is 5.91 Å². The first kappa shape index (κ1) is 16.4. The van der Waals surface area contributed by atoms with Crippen LogP contribution in [0.15, 0.2) is 65.1 Å².